The second kappa shape index (κ2) is 20.6. The number of H-pyrrole nitrogens is 4. The third-order valence-electron chi connectivity index (χ3n) is 11.5. The number of halogens is 4. The van der Waals surface area contributed by atoms with Crippen molar-refractivity contribution >= 4 is 72.2 Å². The fourth-order valence-corrected chi connectivity index (χ4v) is 9.82. The van der Waals surface area contributed by atoms with Crippen molar-refractivity contribution in [2.24, 2.45) is 11.8 Å². The van der Waals surface area contributed by atoms with E-state index in [4.69, 9.17) is 9.97 Å². The fraction of sp³-hybridized carbons (Fsp3) is 0.164. The summed E-state index contributed by atoms with van der Waals surface area (Å²) in [6.45, 7) is 16.8. The van der Waals surface area contributed by atoms with E-state index >= 15 is 4.39 Å². The molecule has 0 fully saturated rings. The lowest BCUT2D eigenvalue weighted by atomic mass is 10.0. The second-order valence-electron chi connectivity index (χ2n) is 18.6. The molecule has 0 atom stereocenters. The van der Waals surface area contributed by atoms with Crippen LogP contribution in [0.2, 0.25) is 0 Å². The summed E-state index contributed by atoms with van der Waals surface area (Å²) in [6, 6.07) is 20.2. The number of pyridine rings is 4. The van der Waals surface area contributed by atoms with E-state index in [1.165, 1.54) is 24.3 Å². The highest BCUT2D eigenvalue weighted by molar-refractivity contribution is 7.14. The van der Waals surface area contributed by atoms with E-state index in [0.717, 1.165) is 74.1 Å². The number of aryl methyl sites for hydroxylation is 1. The summed E-state index contributed by atoms with van der Waals surface area (Å²) in [5.74, 6) is 1.38. The Morgan fingerprint density at radius 1 is 0.608 bits per heavy atom. The molecular formula is C55H47F4N13S2. The van der Waals surface area contributed by atoms with Gasteiger partial charge < -0.3 is 15.3 Å². The highest BCUT2D eigenvalue weighted by atomic mass is 32.1. The SMILES string of the molecule is C=C(CC(C)C)Nc1cncc(-c2cc(F)c3n[nH]c(-c4nc5c(-c6ccc(F)s6)nccc5[nH]4)c3c2)c1.CC(C)C.Cc1ccncc1-c1cc(F)c2n[nH]c(-c3nc4c(-c5ccc(F)s5)nccc4[nH]3)c2c1. The van der Waals surface area contributed by atoms with E-state index in [1.54, 1.807) is 61.4 Å². The van der Waals surface area contributed by atoms with Crippen LogP contribution in [0, 0.1) is 40.7 Å². The van der Waals surface area contributed by atoms with Gasteiger partial charge in [-0.2, -0.15) is 19.0 Å². The number of nitrogens with one attached hydrogen (secondary N) is 5. The number of hydrogen-bond donors (Lipinski definition) is 5. The summed E-state index contributed by atoms with van der Waals surface area (Å²) >= 11 is 2.01. The van der Waals surface area contributed by atoms with Crippen LogP contribution < -0.4 is 5.32 Å². The summed E-state index contributed by atoms with van der Waals surface area (Å²) in [5, 5.41) is 18.1. The third kappa shape index (κ3) is 10.2. The third-order valence-corrected chi connectivity index (χ3v) is 13.3. The number of rotatable bonds is 10. The zero-order chi connectivity index (χ0) is 51.8. The van der Waals surface area contributed by atoms with Gasteiger partial charge in [-0.1, -0.05) is 41.2 Å². The van der Waals surface area contributed by atoms with Crippen LogP contribution in [0.1, 0.15) is 46.6 Å². The number of fused-ring (bicyclic) bond motifs is 4. The molecule has 0 radical (unpaired) electrons. The zero-order valence-corrected chi connectivity index (χ0v) is 42.5. The molecule has 0 saturated carbocycles. The Balaban J connectivity index is 0.000000160. The van der Waals surface area contributed by atoms with Gasteiger partial charge in [0.15, 0.2) is 33.5 Å². The first-order valence-corrected chi connectivity index (χ1v) is 25.2. The number of imidazole rings is 2. The first-order chi connectivity index (χ1) is 35.7. The number of aromatic amines is 4. The van der Waals surface area contributed by atoms with Crippen LogP contribution in [0.4, 0.5) is 23.2 Å². The highest BCUT2D eigenvalue weighted by Gasteiger charge is 2.21. The van der Waals surface area contributed by atoms with Gasteiger partial charge >= 0.3 is 0 Å². The molecule has 2 aromatic carbocycles. The number of nitrogens with zero attached hydrogens (tertiary/aromatic N) is 8. The number of aromatic nitrogens is 12. The quantitative estimate of drug-likeness (QED) is 0.0834. The van der Waals surface area contributed by atoms with Crippen molar-refractivity contribution in [3.63, 3.8) is 0 Å². The molecule has 19 heteroatoms. The van der Waals surface area contributed by atoms with E-state index in [0.29, 0.717) is 83.0 Å². The van der Waals surface area contributed by atoms with E-state index in [1.807, 2.05) is 31.2 Å². The van der Waals surface area contributed by atoms with Crippen molar-refractivity contribution in [2.45, 2.75) is 48.0 Å². The number of anilines is 1. The normalized spacial score (nSPS) is 11.5. The Bertz CT molecular complexity index is 4010. The van der Waals surface area contributed by atoms with Crippen LogP contribution in [-0.4, -0.2) is 60.3 Å². The summed E-state index contributed by atoms with van der Waals surface area (Å²) < 4.78 is 57.3. The highest BCUT2D eigenvalue weighted by Crippen LogP contribution is 2.38. The van der Waals surface area contributed by atoms with Crippen molar-refractivity contribution in [1.29, 1.82) is 0 Å². The fourth-order valence-electron chi connectivity index (χ4n) is 8.37. The van der Waals surface area contributed by atoms with Crippen molar-refractivity contribution in [2.75, 3.05) is 5.32 Å². The largest absolute Gasteiger partial charge is 0.358 e. The summed E-state index contributed by atoms with van der Waals surface area (Å²) in [7, 11) is 0. The minimum Gasteiger partial charge on any atom is -0.358 e. The first-order valence-electron chi connectivity index (χ1n) is 23.5. The molecule has 12 aromatic rings. The van der Waals surface area contributed by atoms with Gasteiger partial charge in [0.25, 0.3) is 0 Å². The number of allylic oxidation sites excluding steroid dienone is 1. The molecule has 13 nitrogen and oxygen atoms in total. The van der Waals surface area contributed by atoms with Gasteiger partial charge in [-0.15, -0.1) is 22.7 Å². The van der Waals surface area contributed by atoms with Crippen molar-refractivity contribution in [3.05, 3.63) is 150 Å². The van der Waals surface area contributed by atoms with Gasteiger partial charge in [0, 0.05) is 58.6 Å². The van der Waals surface area contributed by atoms with Crippen LogP contribution in [0.3, 0.4) is 0 Å². The standard InChI is InChI=1S/C28H23F2N7S.C23H14F2N6S.C4H10/c1-14(2)8-15(3)33-18-9-17(12-31-13-18)16-10-19-24(20(29)11-16)36-37-25(19)28-34-21-6-7-32-27(26(21)35-28)22-4-5-23(30)38-22;1-11-4-6-26-10-14(11)12-8-13-19(15(24)9-12)30-31-20(13)23-28-16-5-7-27-22(21(16)29-23)17-2-3-18(25)32-17;1-4(2)3/h4-7,9-14,33H,3,8H2,1-2H3,(H,34,35)(H,36,37);2-10H,1H3,(H,28,29)(H,30,31);4H,1-3H3. The Kier molecular flexibility index (Phi) is 13.7. The molecule has 74 heavy (non-hydrogen) atoms. The maximum Gasteiger partial charge on any atom is 0.177 e. The molecule has 5 N–H and O–H groups in total. The Morgan fingerprint density at radius 2 is 1.15 bits per heavy atom. The molecule has 0 amide bonds. The minimum absolute atomic E-state index is 0.204. The van der Waals surface area contributed by atoms with Crippen molar-refractivity contribution in [3.8, 4) is 66.4 Å². The Labute approximate surface area is 429 Å². The number of benzene rings is 2. The average molecular weight is 1030 g/mol. The molecular weight excluding hydrogens is 983 g/mol. The summed E-state index contributed by atoms with van der Waals surface area (Å²) in [4.78, 5) is 34.6. The first kappa shape index (κ1) is 49.2. The van der Waals surface area contributed by atoms with E-state index in [2.05, 4.69) is 96.8 Å². The van der Waals surface area contributed by atoms with Crippen LogP contribution in [0.25, 0.3) is 110 Å². The van der Waals surface area contributed by atoms with Gasteiger partial charge in [0.2, 0.25) is 0 Å². The lowest BCUT2D eigenvalue weighted by molar-refractivity contribution is 0.636. The molecule has 10 aromatic heterocycles. The Morgan fingerprint density at radius 3 is 1.66 bits per heavy atom. The number of hydrogen-bond acceptors (Lipinski definition) is 11. The Hall–Kier alpha value is -8.42. The van der Waals surface area contributed by atoms with E-state index in [-0.39, 0.29) is 21.3 Å². The molecule has 10 heterocycles. The van der Waals surface area contributed by atoms with Crippen LogP contribution in [0.5, 0.6) is 0 Å². The molecule has 0 saturated heterocycles. The average Bonchev–Trinajstić information content (AvgIpc) is 4.24. The zero-order valence-electron chi connectivity index (χ0n) is 40.9. The topological polar surface area (TPSA) is 178 Å². The second-order valence-corrected chi connectivity index (χ2v) is 20.7. The lowest BCUT2D eigenvalue weighted by Gasteiger charge is -2.12. The molecule has 0 spiro atoms. The van der Waals surface area contributed by atoms with Gasteiger partial charge in [-0.25, -0.2) is 18.7 Å². The lowest BCUT2D eigenvalue weighted by Crippen LogP contribution is -2.02. The summed E-state index contributed by atoms with van der Waals surface area (Å²) in [5.41, 5.74) is 10.9. The van der Waals surface area contributed by atoms with Gasteiger partial charge in [0.1, 0.15) is 44.8 Å². The molecule has 12 rings (SSSR count). The molecule has 0 unspecified atom stereocenters. The molecule has 0 aliphatic rings. The minimum atomic E-state index is -0.463. The predicted octanol–water partition coefficient (Wildman–Crippen LogP) is 15.1. The maximum atomic E-state index is 15.2. The van der Waals surface area contributed by atoms with E-state index < -0.39 is 11.6 Å². The monoisotopic (exact) mass is 1030 g/mol. The molecule has 0 bridgehead atoms. The molecule has 372 valence electrons. The van der Waals surface area contributed by atoms with Crippen LogP contribution >= 0.6 is 22.7 Å². The molecule has 0 aliphatic heterocycles. The predicted molar refractivity (Wildman–Crippen MR) is 288 cm³/mol. The van der Waals surface area contributed by atoms with Crippen molar-refractivity contribution < 1.29 is 17.6 Å². The molecule has 0 aliphatic carbocycles. The van der Waals surface area contributed by atoms with Gasteiger partial charge in [-0.3, -0.25) is 30.1 Å². The van der Waals surface area contributed by atoms with Crippen molar-refractivity contribution in [1.82, 2.24) is 60.3 Å². The van der Waals surface area contributed by atoms with Crippen LogP contribution in [-0.2, 0) is 0 Å². The summed E-state index contributed by atoms with van der Waals surface area (Å²) in [6.07, 6.45) is 10.9. The van der Waals surface area contributed by atoms with E-state index in [9.17, 15) is 13.2 Å². The maximum absolute atomic E-state index is 15.2. The van der Waals surface area contributed by atoms with Gasteiger partial charge in [-0.05, 0) is 115 Å². The van der Waals surface area contributed by atoms with Gasteiger partial charge in [0.05, 0.1) is 32.7 Å². The van der Waals surface area contributed by atoms with Crippen LogP contribution in [0.15, 0.2) is 122 Å². The smallest absolute Gasteiger partial charge is 0.177 e. The number of thiophene rings is 2.